The van der Waals surface area contributed by atoms with Crippen molar-refractivity contribution in [3.63, 3.8) is 0 Å². The molecule has 1 aromatic heterocycles. The van der Waals surface area contributed by atoms with Gasteiger partial charge in [0.2, 0.25) is 0 Å². The van der Waals surface area contributed by atoms with E-state index < -0.39 is 23.6 Å². The maximum atomic E-state index is 13.2. The van der Waals surface area contributed by atoms with Gasteiger partial charge in [-0.25, -0.2) is 4.98 Å². The number of ether oxygens (including phenoxy) is 1. The largest absolute Gasteiger partial charge is 0.458 e. The Morgan fingerprint density at radius 1 is 1.26 bits per heavy atom. The zero-order chi connectivity index (χ0) is 26.2. The highest BCUT2D eigenvalue weighted by molar-refractivity contribution is 7.09. The molecule has 2 rings (SSSR count). The van der Waals surface area contributed by atoms with Crippen LogP contribution in [-0.2, 0) is 14.3 Å². The number of thiazole rings is 1. The van der Waals surface area contributed by atoms with Crippen LogP contribution in [-0.4, -0.2) is 46.6 Å². The summed E-state index contributed by atoms with van der Waals surface area (Å²) >= 11 is 1.59. The maximum absolute atomic E-state index is 13.2. The summed E-state index contributed by atoms with van der Waals surface area (Å²) in [6.45, 7) is 14.6. The smallest absolute Gasteiger partial charge is 0.309 e. The summed E-state index contributed by atoms with van der Waals surface area (Å²) in [6, 6.07) is 0.346. The van der Waals surface area contributed by atoms with E-state index in [1.54, 1.807) is 25.2 Å². The number of aliphatic hydroxyl groups excluding tert-OH is 1. The minimum Gasteiger partial charge on any atom is -0.458 e. The molecule has 1 aromatic rings. The van der Waals surface area contributed by atoms with E-state index in [0.29, 0.717) is 18.4 Å². The maximum Gasteiger partial charge on any atom is 0.309 e. The highest BCUT2D eigenvalue weighted by Gasteiger charge is 2.40. The van der Waals surface area contributed by atoms with Crippen LogP contribution in [0.15, 0.2) is 11.0 Å². The summed E-state index contributed by atoms with van der Waals surface area (Å²) in [4.78, 5) is 30.7. The zero-order valence-electron chi connectivity index (χ0n) is 22.7. The predicted molar refractivity (Wildman–Crippen MR) is 143 cm³/mol. The number of aromatic nitrogens is 1. The number of carbonyl (C=O) groups is 2. The van der Waals surface area contributed by atoms with Gasteiger partial charge in [0.05, 0.1) is 28.6 Å². The van der Waals surface area contributed by atoms with Crippen LogP contribution < -0.4 is 5.32 Å². The third-order valence-corrected chi connectivity index (χ3v) is 8.14. The average molecular weight is 507 g/mol. The lowest BCUT2D eigenvalue weighted by Crippen LogP contribution is -2.42. The number of rotatable bonds is 4. The average Bonchev–Trinajstić information content (AvgIpc) is 3.19. The zero-order valence-corrected chi connectivity index (χ0v) is 23.5. The van der Waals surface area contributed by atoms with Gasteiger partial charge in [-0.15, -0.1) is 11.3 Å². The first-order valence-corrected chi connectivity index (χ1v) is 14.1. The normalized spacial score (nSPS) is 30.2. The van der Waals surface area contributed by atoms with Crippen LogP contribution >= 0.6 is 11.3 Å². The molecule has 2 heterocycles. The minimum absolute atomic E-state index is 0.00815. The fraction of sp³-hybridized carbons (Fsp3) is 0.750. The molecular formula is C28H46N2O4S. The number of esters is 1. The summed E-state index contributed by atoms with van der Waals surface area (Å²) in [6.07, 6.45) is 5.90. The number of nitrogens with one attached hydrogen (secondary N) is 1. The third-order valence-electron chi connectivity index (χ3n) is 7.35. The standard InChI is InChI=1S/C28H46N2O4S/c1-8-29-22-11-9-10-18(2)14-20(4)27(33)28(6,7)25(31)16-26(32)34-24(13-12-22)19(3)15-23-17-35-21(5)30-23/h15,17-18,20,22,24-25,29,31H,8-14,16H2,1-7H3/b19-15+/t18?,20-,22?,24+,25+/m1/s1. The fourth-order valence-corrected chi connectivity index (χ4v) is 5.67. The van der Waals surface area contributed by atoms with Gasteiger partial charge in [-0.3, -0.25) is 9.59 Å². The van der Waals surface area contributed by atoms with Crippen LogP contribution in [0, 0.1) is 24.2 Å². The van der Waals surface area contributed by atoms with Gasteiger partial charge >= 0.3 is 5.97 Å². The molecular weight excluding hydrogens is 460 g/mol. The van der Waals surface area contributed by atoms with Crippen LogP contribution in [0.25, 0.3) is 6.08 Å². The summed E-state index contributed by atoms with van der Waals surface area (Å²) in [5.74, 6) is -0.198. The summed E-state index contributed by atoms with van der Waals surface area (Å²) in [5.41, 5.74) is 0.794. The molecule has 1 saturated heterocycles. The highest BCUT2D eigenvalue weighted by Crippen LogP contribution is 2.32. The Balaban J connectivity index is 2.29. The van der Waals surface area contributed by atoms with Gasteiger partial charge in [-0.1, -0.05) is 47.5 Å². The molecule has 6 nitrogen and oxygen atoms in total. The van der Waals surface area contributed by atoms with E-state index in [2.05, 4.69) is 24.1 Å². The fourth-order valence-electron chi connectivity index (χ4n) is 5.10. The Labute approximate surface area is 216 Å². The van der Waals surface area contributed by atoms with E-state index in [0.717, 1.165) is 54.9 Å². The van der Waals surface area contributed by atoms with Gasteiger partial charge in [0.25, 0.3) is 0 Å². The molecule has 0 bridgehead atoms. The van der Waals surface area contributed by atoms with Crippen molar-refractivity contribution in [3.05, 3.63) is 21.7 Å². The molecule has 5 atom stereocenters. The molecule has 1 aliphatic heterocycles. The van der Waals surface area contributed by atoms with Gasteiger partial charge < -0.3 is 15.2 Å². The van der Waals surface area contributed by atoms with Gasteiger partial charge in [0.15, 0.2) is 0 Å². The number of carbonyl (C=O) groups excluding carboxylic acids is 2. The van der Waals surface area contributed by atoms with Crippen molar-refractivity contribution < 1.29 is 19.4 Å². The van der Waals surface area contributed by atoms with Crippen LogP contribution in [0.5, 0.6) is 0 Å². The molecule has 198 valence electrons. The number of hydrogen-bond acceptors (Lipinski definition) is 7. The van der Waals surface area contributed by atoms with Crippen molar-refractivity contribution >= 4 is 29.2 Å². The van der Waals surface area contributed by atoms with Crippen molar-refractivity contribution in [2.24, 2.45) is 17.3 Å². The quantitative estimate of drug-likeness (QED) is 0.508. The van der Waals surface area contributed by atoms with Gasteiger partial charge in [0, 0.05) is 17.3 Å². The van der Waals surface area contributed by atoms with E-state index in [-0.39, 0.29) is 18.1 Å². The Kier molecular flexibility index (Phi) is 11.6. The Morgan fingerprint density at radius 3 is 2.60 bits per heavy atom. The first kappa shape index (κ1) is 29.7. The van der Waals surface area contributed by atoms with Crippen LogP contribution in [0.1, 0.15) is 97.2 Å². The number of cyclic esters (lactones) is 1. The van der Waals surface area contributed by atoms with E-state index >= 15 is 0 Å². The molecule has 2 N–H and O–H groups in total. The highest BCUT2D eigenvalue weighted by atomic mass is 32.1. The summed E-state index contributed by atoms with van der Waals surface area (Å²) < 4.78 is 5.93. The minimum atomic E-state index is -1.09. The number of Topliss-reactive ketones (excluding diaryl/α,β-unsaturated/α-hetero) is 1. The molecule has 2 unspecified atom stereocenters. The van der Waals surface area contributed by atoms with Crippen molar-refractivity contribution in [2.45, 2.75) is 112 Å². The van der Waals surface area contributed by atoms with Gasteiger partial charge in [-0.2, -0.15) is 0 Å². The summed E-state index contributed by atoms with van der Waals surface area (Å²) in [5, 5.41) is 17.5. The lowest BCUT2D eigenvalue weighted by molar-refractivity contribution is -0.153. The number of nitrogens with zero attached hydrogens (tertiary/aromatic N) is 1. The topological polar surface area (TPSA) is 88.5 Å². The molecule has 1 fully saturated rings. The van der Waals surface area contributed by atoms with Crippen LogP contribution in [0.3, 0.4) is 0 Å². The lowest BCUT2D eigenvalue weighted by atomic mass is 9.74. The number of ketones is 1. The number of aryl methyl sites for hydroxylation is 1. The van der Waals surface area contributed by atoms with E-state index in [1.807, 2.05) is 32.2 Å². The van der Waals surface area contributed by atoms with Crippen molar-refractivity contribution in [1.29, 1.82) is 0 Å². The van der Waals surface area contributed by atoms with Gasteiger partial charge in [0.1, 0.15) is 11.9 Å². The lowest BCUT2D eigenvalue weighted by Gasteiger charge is -2.32. The second kappa shape index (κ2) is 13.7. The molecule has 0 aromatic carbocycles. The molecule has 0 radical (unpaired) electrons. The van der Waals surface area contributed by atoms with Crippen molar-refractivity contribution in [3.8, 4) is 0 Å². The second-order valence-corrected chi connectivity index (χ2v) is 12.0. The Hall–Kier alpha value is -1.57. The first-order valence-electron chi connectivity index (χ1n) is 13.2. The molecule has 0 spiro atoms. The van der Waals surface area contributed by atoms with Crippen molar-refractivity contribution in [1.82, 2.24) is 10.3 Å². The van der Waals surface area contributed by atoms with E-state index in [1.165, 1.54) is 0 Å². The van der Waals surface area contributed by atoms with Gasteiger partial charge in [-0.05, 0) is 63.6 Å². The monoisotopic (exact) mass is 506 g/mol. The molecule has 0 aliphatic carbocycles. The molecule has 1 aliphatic rings. The SMILES string of the molecule is CCNC1CCCC(C)C[C@@H](C)C(=O)C(C)(C)[C@@H](O)CC(=O)O[C@H](/C(C)=C/c2csc(C)n2)CC1. The first-order chi connectivity index (χ1) is 16.4. The molecule has 0 saturated carbocycles. The number of hydrogen-bond donors (Lipinski definition) is 2. The van der Waals surface area contributed by atoms with E-state index in [4.69, 9.17) is 4.74 Å². The van der Waals surface area contributed by atoms with Crippen LogP contribution in [0.2, 0.25) is 0 Å². The number of aliphatic hydroxyl groups is 1. The van der Waals surface area contributed by atoms with Crippen molar-refractivity contribution in [2.75, 3.05) is 6.54 Å². The second-order valence-electron chi connectivity index (χ2n) is 11.0. The van der Waals surface area contributed by atoms with Crippen LogP contribution in [0.4, 0.5) is 0 Å². The Bertz CT molecular complexity index is 863. The third kappa shape index (κ3) is 9.10. The summed E-state index contributed by atoms with van der Waals surface area (Å²) in [7, 11) is 0. The van der Waals surface area contributed by atoms with E-state index in [9.17, 15) is 14.7 Å². The molecule has 35 heavy (non-hydrogen) atoms. The predicted octanol–water partition coefficient (Wildman–Crippen LogP) is 5.72. The molecule has 0 amide bonds. The molecule has 7 heteroatoms. The Morgan fingerprint density at radius 2 is 1.97 bits per heavy atom.